The van der Waals surface area contributed by atoms with E-state index in [0.717, 1.165) is 16.9 Å². The fourth-order valence-corrected chi connectivity index (χ4v) is 2.91. The molecule has 124 valence electrons. The van der Waals surface area contributed by atoms with Gasteiger partial charge in [-0.1, -0.05) is 35.9 Å². The van der Waals surface area contributed by atoms with Crippen LogP contribution in [-0.2, 0) is 13.1 Å². The zero-order valence-corrected chi connectivity index (χ0v) is 13.9. The molecular weight excluding hydrogens is 324 g/mol. The summed E-state index contributed by atoms with van der Waals surface area (Å²) in [6.07, 6.45) is 4.56. The van der Waals surface area contributed by atoms with Crippen molar-refractivity contribution in [3.05, 3.63) is 89.1 Å². The highest BCUT2D eigenvalue weighted by molar-refractivity contribution is 6.31. The van der Waals surface area contributed by atoms with E-state index in [-0.39, 0.29) is 0 Å². The number of benzene rings is 1. The maximum absolute atomic E-state index is 10.6. The molecule has 0 fully saturated rings. The SMILES string of the molecule is OC(CN(Cc1cccnc1)Cc1ccco1)c1ccccc1Cl. The fourth-order valence-electron chi connectivity index (χ4n) is 2.65. The Morgan fingerprint density at radius 1 is 1.08 bits per heavy atom. The third kappa shape index (κ3) is 4.45. The van der Waals surface area contributed by atoms with E-state index in [1.807, 2.05) is 48.7 Å². The molecule has 0 spiro atoms. The number of aromatic nitrogens is 1. The predicted molar refractivity (Wildman–Crippen MR) is 93.5 cm³/mol. The molecular formula is C19H19ClN2O2. The number of halogens is 1. The van der Waals surface area contributed by atoms with Crippen molar-refractivity contribution in [3.8, 4) is 0 Å². The Kier molecular flexibility index (Phi) is 5.64. The average Bonchev–Trinajstić information content (AvgIpc) is 3.09. The number of furan rings is 1. The Labute approximate surface area is 146 Å². The summed E-state index contributed by atoms with van der Waals surface area (Å²) >= 11 is 6.20. The molecule has 0 bridgehead atoms. The zero-order valence-electron chi connectivity index (χ0n) is 13.2. The highest BCUT2D eigenvalue weighted by atomic mass is 35.5. The number of rotatable bonds is 7. The van der Waals surface area contributed by atoms with Crippen molar-refractivity contribution in [2.75, 3.05) is 6.54 Å². The second-order valence-corrected chi connectivity index (χ2v) is 6.05. The van der Waals surface area contributed by atoms with Crippen molar-refractivity contribution in [2.45, 2.75) is 19.2 Å². The van der Waals surface area contributed by atoms with Gasteiger partial charge >= 0.3 is 0 Å². The number of pyridine rings is 1. The lowest BCUT2D eigenvalue weighted by atomic mass is 10.1. The normalized spacial score (nSPS) is 12.5. The van der Waals surface area contributed by atoms with Gasteiger partial charge in [-0.05, 0) is 29.8 Å². The molecule has 1 unspecified atom stereocenters. The van der Waals surface area contributed by atoms with E-state index >= 15 is 0 Å². The molecule has 0 aliphatic heterocycles. The minimum Gasteiger partial charge on any atom is -0.468 e. The third-order valence-corrected chi connectivity index (χ3v) is 4.13. The first kappa shape index (κ1) is 16.7. The van der Waals surface area contributed by atoms with Gasteiger partial charge in [-0.15, -0.1) is 0 Å². The number of nitrogens with zero attached hydrogens (tertiary/aromatic N) is 2. The lowest BCUT2D eigenvalue weighted by Crippen LogP contribution is -2.28. The fraction of sp³-hybridized carbons (Fsp3) is 0.211. The van der Waals surface area contributed by atoms with Gasteiger partial charge in [-0.3, -0.25) is 9.88 Å². The first-order chi connectivity index (χ1) is 11.7. The van der Waals surface area contributed by atoms with Crippen LogP contribution in [0.25, 0.3) is 0 Å². The summed E-state index contributed by atoms with van der Waals surface area (Å²) in [5.74, 6) is 0.852. The van der Waals surface area contributed by atoms with Crippen LogP contribution in [0, 0.1) is 0 Å². The molecule has 3 rings (SSSR count). The van der Waals surface area contributed by atoms with Gasteiger partial charge in [0.15, 0.2) is 0 Å². The molecule has 1 atom stereocenters. The molecule has 24 heavy (non-hydrogen) atoms. The van der Waals surface area contributed by atoms with Crippen LogP contribution in [0.4, 0.5) is 0 Å². The van der Waals surface area contributed by atoms with Gasteiger partial charge in [0, 0.05) is 36.1 Å². The molecule has 1 N–H and O–H groups in total. The Hall–Kier alpha value is -2.14. The number of hydrogen-bond acceptors (Lipinski definition) is 4. The summed E-state index contributed by atoms with van der Waals surface area (Å²) in [5, 5.41) is 11.2. The quantitative estimate of drug-likeness (QED) is 0.703. The summed E-state index contributed by atoms with van der Waals surface area (Å²) < 4.78 is 5.45. The third-order valence-electron chi connectivity index (χ3n) is 3.78. The van der Waals surface area contributed by atoms with Crippen molar-refractivity contribution in [2.24, 2.45) is 0 Å². The smallest absolute Gasteiger partial charge is 0.117 e. The van der Waals surface area contributed by atoms with Crippen molar-refractivity contribution in [3.63, 3.8) is 0 Å². The van der Waals surface area contributed by atoms with Gasteiger partial charge in [0.1, 0.15) is 5.76 Å². The molecule has 4 nitrogen and oxygen atoms in total. The van der Waals surface area contributed by atoms with Gasteiger partial charge in [-0.2, -0.15) is 0 Å². The summed E-state index contributed by atoms with van der Waals surface area (Å²) in [5.41, 5.74) is 1.81. The molecule has 0 amide bonds. The number of aliphatic hydroxyl groups excluding tert-OH is 1. The minimum atomic E-state index is -0.676. The van der Waals surface area contributed by atoms with Gasteiger partial charge in [0.05, 0.1) is 18.9 Å². The standard InChI is InChI=1S/C19H19ClN2O2/c20-18-8-2-1-7-17(18)19(23)14-22(13-16-6-4-10-24-16)12-15-5-3-9-21-11-15/h1-11,19,23H,12-14H2. The lowest BCUT2D eigenvalue weighted by molar-refractivity contribution is 0.100. The summed E-state index contributed by atoms with van der Waals surface area (Å²) in [7, 11) is 0. The topological polar surface area (TPSA) is 49.5 Å². The van der Waals surface area contributed by atoms with E-state index in [4.69, 9.17) is 16.0 Å². The first-order valence-electron chi connectivity index (χ1n) is 7.78. The van der Waals surface area contributed by atoms with Crippen molar-refractivity contribution in [1.82, 2.24) is 9.88 Å². The molecule has 2 aromatic heterocycles. The lowest BCUT2D eigenvalue weighted by Gasteiger charge is -2.25. The molecule has 0 aliphatic rings. The van der Waals surface area contributed by atoms with E-state index in [9.17, 15) is 5.11 Å². The molecule has 0 radical (unpaired) electrons. The molecule has 0 saturated carbocycles. The van der Waals surface area contributed by atoms with E-state index in [1.165, 1.54) is 0 Å². The molecule has 3 aromatic rings. The van der Waals surface area contributed by atoms with Gasteiger partial charge in [-0.25, -0.2) is 0 Å². The van der Waals surface area contributed by atoms with Crippen LogP contribution >= 0.6 is 11.6 Å². The second-order valence-electron chi connectivity index (χ2n) is 5.65. The predicted octanol–water partition coefficient (Wildman–Crippen LogP) is 4.06. The van der Waals surface area contributed by atoms with E-state index < -0.39 is 6.10 Å². The monoisotopic (exact) mass is 342 g/mol. The maximum atomic E-state index is 10.6. The van der Waals surface area contributed by atoms with Gasteiger partial charge < -0.3 is 9.52 Å². The van der Waals surface area contributed by atoms with Gasteiger partial charge in [0.2, 0.25) is 0 Å². The summed E-state index contributed by atoms with van der Waals surface area (Å²) in [6.45, 7) is 1.71. The van der Waals surface area contributed by atoms with Crippen LogP contribution in [0.3, 0.4) is 0 Å². The van der Waals surface area contributed by atoms with Crippen LogP contribution < -0.4 is 0 Å². The second kappa shape index (κ2) is 8.11. The van der Waals surface area contributed by atoms with E-state index in [1.54, 1.807) is 18.5 Å². The van der Waals surface area contributed by atoms with Crippen LogP contribution in [0.2, 0.25) is 5.02 Å². The van der Waals surface area contributed by atoms with Gasteiger partial charge in [0.25, 0.3) is 0 Å². The number of aliphatic hydroxyl groups is 1. The molecule has 0 aliphatic carbocycles. The summed E-state index contributed by atoms with van der Waals surface area (Å²) in [4.78, 5) is 6.27. The largest absolute Gasteiger partial charge is 0.468 e. The average molecular weight is 343 g/mol. The Morgan fingerprint density at radius 2 is 1.96 bits per heavy atom. The van der Waals surface area contributed by atoms with Crippen LogP contribution in [0.1, 0.15) is 23.0 Å². The van der Waals surface area contributed by atoms with E-state index in [0.29, 0.717) is 24.7 Å². The molecule has 2 heterocycles. The Bertz CT molecular complexity index is 747. The maximum Gasteiger partial charge on any atom is 0.117 e. The summed E-state index contributed by atoms with van der Waals surface area (Å²) in [6, 6.07) is 15.1. The minimum absolute atomic E-state index is 0.444. The van der Waals surface area contributed by atoms with Crippen LogP contribution in [0.15, 0.2) is 71.6 Å². The van der Waals surface area contributed by atoms with Crippen molar-refractivity contribution >= 4 is 11.6 Å². The van der Waals surface area contributed by atoms with Crippen LogP contribution in [-0.4, -0.2) is 21.5 Å². The molecule has 5 heteroatoms. The van der Waals surface area contributed by atoms with Crippen LogP contribution in [0.5, 0.6) is 0 Å². The first-order valence-corrected chi connectivity index (χ1v) is 8.16. The Morgan fingerprint density at radius 3 is 2.67 bits per heavy atom. The highest BCUT2D eigenvalue weighted by Crippen LogP contribution is 2.24. The van der Waals surface area contributed by atoms with E-state index in [2.05, 4.69) is 9.88 Å². The number of hydrogen-bond donors (Lipinski definition) is 1. The molecule has 1 aromatic carbocycles. The van der Waals surface area contributed by atoms with Crippen molar-refractivity contribution < 1.29 is 9.52 Å². The highest BCUT2D eigenvalue weighted by Gasteiger charge is 2.17. The molecule has 0 saturated heterocycles. The Balaban J connectivity index is 1.75. The van der Waals surface area contributed by atoms with Crippen molar-refractivity contribution in [1.29, 1.82) is 0 Å². The zero-order chi connectivity index (χ0) is 16.8.